The van der Waals surface area contributed by atoms with Crippen molar-refractivity contribution in [3.05, 3.63) is 81.1 Å². The highest BCUT2D eigenvalue weighted by Gasteiger charge is 2.22. The molecule has 0 spiro atoms. The lowest BCUT2D eigenvalue weighted by atomic mass is 10.2. The van der Waals surface area contributed by atoms with Gasteiger partial charge in [0.05, 0.1) is 27.5 Å². The molecule has 0 saturated carbocycles. The minimum Gasteiger partial charge on any atom is -0.482 e. The second-order valence-electron chi connectivity index (χ2n) is 6.73. The summed E-state index contributed by atoms with van der Waals surface area (Å²) in [5, 5.41) is 2.00. The van der Waals surface area contributed by atoms with Gasteiger partial charge in [-0.25, -0.2) is 4.98 Å². The van der Waals surface area contributed by atoms with Crippen LogP contribution < -0.4 is 9.64 Å². The number of amides is 1. The second kappa shape index (κ2) is 9.40. The number of carbonyl (C=O) groups is 1. The normalized spacial score (nSPS) is 11.0. The van der Waals surface area contributed by atoms with Crippen molar-refractivity contribution < 1.29 is 9.53 Å². The van der Waals surface area contributed by atoms with E-state index in [1.165, 1.54) is 11.3 Å². The molecule has 2 heterocycles. The minimum atomic E-state index is -0.278. The number of aryl methyl sites for hydroxylation is 1. The summed E-state index contributed by atoms with van der Waals surface area (Å²) in [5.41, 5.74) is 2.48. The molecule has 9 heteroatoms. The van der Waals surface area contributed by atoms with Crippen LogP contribution in [0.25, 0.3) is 10.2 Å². The molecule has 31 heavy (non-hydrogen) atoms. The Morgan fingerprint density at radius 3 is 2.68 bits per heavy atom. The van der Waals surface area contributed by atoms with Gasteiger partial charge in [0.2, 0.25) is 0 Å². The fourth-order valence-corrected chi connectivity index (χ4v) is 4.88. The van der Waals surface area contributed by atoms with Crippen molar-refractivity contribution in [3.63, 3.8) is 0 Å². The SMILES string of the molecule is Cc1cc(Cl)cc2sc(N(Cc3ccccn3)C(=O)COc3ccc(Cl)cc3Cl)nc12. The van der Waals surface area contributed by atoms with E-state index in [2.05, 4.69) is 4.98 Å². The molecule has 4 aromatic rings. The largest absolute Gasteiger partial charge is 0.482 e. The number of hydrogen-bond acceptors (Lipinski definition) is 5. The maximum Gasteiger partial charge on any atom is 0.267 e. The number of fused-ring (bicyclic) bond motifs is 1. The van der Waals surface area contributed by atoms with Gasteiger partial charge in [-0.1, -0.05) is 52.2 Å². The van der Waals surface area contributed by atoms with Gasteiger partial charge in [0.15, 0.2) is 11.7 Å². The molecule has 4 rings (SSSR count). The molecule has 2 aromatic heterocycles. The molecular weight excluding hydrogens is 477 g/mol. The lowest BCUT2D eigenvalue weighted by Crippen LogP contribution is -2.34. The first-order valence-electron chi connectivity index (χ1n) is 9.25. The number of benzene rings is 2. The van der Waals surface area contributed by atoms with Crippen LogP contribution in [0, 0.1) is 6.92 Å². The van der Waals surface area contributed by atoms with Crippen molar-refractivity contribution in [3.8, 4) is 5.75 Å². The summed E-state index contributed by atoms with van der Waals surface area (Å²) in [6, 6.07) is 14.1. The summed E-state index contributed by atoms with van der Waals surface area (Å²) in [4.78, 5) is 23.8. The Bertz CT molecular complexity index is 1250. The van der Waals surface area contributed by atoms with Crippen molar-refractivity contribution in [2.24, 2.45) is 0 Å². The molecule has 0 aliphatic rings. The maximum atomic E-state index is 13.2. The molecule has 0 saturated heterocycles. The quantitative estimate of drug-likeness (QED) is 0.305. The van der Waals surface area contributed by atoms with Crippen LogP contribution in [0.5, 0.6) is 5.75 Å². The van der Waals surface area contributed by atoms with E-state index in [0.717, 1.165) is 21.5 Å². The molecule has 2 aromatic carbocycles. The van der Waals surface area contributed by atoms with E-state index in [-0.39, 0.29) is 19.1 Å². The number of pyridine rings is 1. The molecule has 0 radical (unpaired) electrons. The molecule has 0 N–H and O–H groups in total. The number of halogens is 3. The molecule has 0 aliphatic carbocycles. The maximum absolute atomic E-state index is 13.2. The number of nitrogens with zero attached hydrogens (tertiary/aromatic N) is 3. The predicted octanol–water partition coefficient (Wildman–Crippen LogP) is 6.57. The van der Waals surface area contributed by atoms with Crippen LogP contribution >= 0.6 is 46.1 Å². The van der Waals surface area contributed by atoms with E-state index in [1.54, 1.807) is 29.3 Å². The van der Waals surface area contributed by atoms with E-state index in [9.17, 15) is 4.79 Å². The van der Waals surface area contributed by atoms with Gasteiger partial charge in [-0.15, -0.1) is 0 Å². The first-order valence-corrected chi connectivity index (χ1v) is 11.2. The predicted molar refractivity (Wildman–Crippen MR) is 127 cm³/mol. The highest BCUT2D eigenvalue weighted by atomic mass is 35.5. The Labute approximate surface area is 198 Å². The van der Waals surface area contributed by atoms with Gasteiger partial charge in [-0.05, 0) is 55.0 Å². The zero-order valence-corrected chi connectivity index (χ0v) is 19.4. The number of anilines is 1. The van der Waals surface area contributed by atoms with Crippen LogP contribution in [0.15, 0.2) is 54.7 Å². The molecule has 0 aliphatic heterocycles. The first-order chi connectivity index (χ1) is 14.9. The fourth-order valence-electron chi connectivity index (χ4n) is 2.98. The number of carbonyl (C=O) groups excluding carboxylic acids is 1. The molecular formula is C22H16Cl3N3O2S. The molecule has 0 fully saturated rings. The van der Waals surface area contributed by atoms with Crippen molar-refractivity contribution in [2.45, 2.75) is 13.5 Å². The van der Waals surface area contributed by atoms with Gasteiger partial charge >= 0.3 is 0 Å². The smallest absolute Gasteiger partial charge is 0.267 e. The summed E-state index contributed by atoms with van der Waals surface area (Å²) >= 11 is 19.7. The van der Waals surface area contributed by atoms with Crippen molar-refractivity contribution >= 4 is 67.4 Å². The summed E-state index contributed by atoms with van der Waals surface area (Å²) in [5.74, 6) is 0.101. The summed E-state index contributed by atoms with van der Waals surface area (Å²) in [6.07, 6.45) is 1.68. The zero-order valence-electron chi connectivity index (χ0n) is 16.3. The van der Waals surface area contributed by atoms with E-state index < -0.39 is 0 Å². The average molecular weight is 493 g/mol. The van der Waals surface area contributed by atoms with Crippen LogP contribution in [0.3, 0.4) is 0 Å². The zero-order chi connectivity index (χ0) is 22.0. The average Bonchev–Trinajstić information content (AvgIpc) is 3.16. The highest BCUT2D eigenvalue weighted by molar-refractivity contribution is 7.22. The Hall–Kier alpha value is -2.38. The van der Waals surface area contributed by atoms with E-state index >= 15 is 0 Å². The van der Waals surface area contributed by atoms with E-state index in [4.69, 9.17) is 44.5 Å². The Kier molecular flexibility index (Phi) is 6.62. The Morgan fingerprint density at radius 1 is 1.10 bits per heavy atom. The molecule has 1 amide bonds. The van der Waals surface area contributed by atoms with Gasteiger partial charge in [0.1, 0.15) is 5.75 Å². The topological polar surface area (TPSA) is 55.3 Å². The first kappa shape index (κ1) is 21.8. The second-order valence-corrected chi connectivity index (χ2v) is 9.02. The lowest BCUT2D eigenvalue weighted by Gasteiger charge is -2.20. The third-order valence-electron chi connectivity index (χ3n) is 4.46. The van der Waals surface area contributed by atoms with Crippen molar-refractivity contribution in [2.75, 3.05) is 11.5 Å². The van der Waals surface area contributed by atoms with Gasteiger partial charge in [0, 0.05) is 16.2 Å². The molecule has 158 valence electrons. The van der Waals surface area contributed by atoms with Crippen LogP contribution in [0.2, 0.25) is 15.1 Å². The summed E-state index contributed by atoms with van der Waals surface area (Å²) < 4.78 is 6.57. The minimum absolute atomic E-state index is 0.218. The third-order valence-corrected chi connectivity index (χ3v) is 6.24. The van der Waals surface area contributed by atoms with Gasteiger partial charge in [-0.2, -0.15) is 0 Å². The van der Waals surface area contributed by atoms with Crippen LogP contribution in [0.4, 0.5) is 5.13 Å². The number of ether oxygens (including phenoxy) is 1. The van der Waals surface area contributed by atoms with E-state index in [0.29, 0.717) is 25.9 Å². The number of rotatable bonds is 6. The van der Waals surface area contributed by atoms with Crippen LogP contribution in [-0.2, 0) is 11.3 Å². The lowest BCUT2D eigenvalue weighted by molar-refractivity contribution is -0.120. The van der Waals surface area contributed by atoms with Crippen molar-refractivity contribution in [1.29, 1.82) is 0 Å². The van der Waals surface area contributed by atoms with Gasteiger partial charge < -0.3 is 4.74 Å². The van der Waals surface area contributed by atoms with Crippen LogP contribution in [-0.4, -0.2) is 22.5 Å². The van der Waals surface area contributed by atoms with E-state index in [1.807, 2.05) is 37.3 Å². The number of thiazole rings is 1. The molecule has 0 unspecified atom stereocenters. The molecule has 5 nitrogen and oxygen atoms in total. The standard InChI is InChI=1S/C22H16Cl3N3O2S/c1-13-8-15(24)10-19-21(13)27-22(31-19)28(11-16-4-2-3-7-26-16)20(29)12-30-18-6-5-14(23)9-17(18)25/h2-10H,11-12H2,1H3. The van der Waals surface area contributed by atoms with Gasteiger partial charge in [0.25, 0.3) is 5.91 Å². The monoisotopic (exact) mass is 491 g/mol. The fraction of sp³-hybridized carbons (Fsp3) is 0.136. The highest BCUT2D eigenvalue weighted by Crippen LogP contribution is 2.34. The Balaban J connectivity index is 1.64. The number of aromatic nitrogens is 2. The third kappa shape index (κ3) is 5.10. The van der Waals surface area contributed by atoms with Crippen LogP contribution in [0.1, 0.15) is 11.3 Å². The number of hydrogen-bond donors (Lipinski definition) is 0. The molecule has 0 atom stereocenters. The Morgan fingerprint density at radius 2 is 1.94 bits per heavy atom. The van der Waals surface area contributed by atoms with Gasteiger partial charge in [-0.3, -0.25) is 14.7 Å². The summed E-state index contributed by atoms with van der Waals surface area (Å²) in [6.45, 7) is 1.97. The van der Waals surface area contributed by atoms with Crippen molar-refractivity contribution in [1.82, 2.24) is 9.97 Å². The summed E-state index contributed by atoms with van der Waals surface area (Å²) in [7, 11) is 0. The molecule has 0 bridgehead atoms.